The summed E-state index contributed by atoms with van der Waals surface area (Å²) in [7, 11) is 0. The number of aromatic nitrogens is 1. The fourth-order valence-electron chi connectivity index (χ4n) is 2.22. The van der Waals surface area contributed by atoms with Crippen molar-refractivity contribution in [3.8, 4) is 0 Å². The van der Waals surface area contributed by atoms with Crippen LogP contribution in [0, 0.1) is 6.92 Å². The summed E-state index contributed by atoms with van der Waals surface area (Å²) >= 11 is 3.44. The predicted molar refractivity (Wildman–Crippen MR) is 98.3 cm³/mol. The van der Waals surface area contributed by atoms with E-state index in [1.807, 2.05) is 39.0 Å². The molecule has 126 valence electrons. The highest BCUT2D eigenvalue weighted by Crippen LogP contribution is 2.21. The highest BCUT2D eigenvalue weighted by atomic mass is 79.9. The highest BCUT2D eigenvalue weighted by Gasteiger charge is 2.16. The average molecular weight is 390 g/mol. The van der Waals surface area contributed by atoms with E-state index in [2.05, 4.69) is 26.2 Å². The van der Waals surface area contributed by atoms with Crippen LogP contribution >= 0.6 is 15.9 Å². The fourth-order valence-corrected chi connectivity index (χ4v) is 2.60. The van der Waals surface area contributed by atoms with Crippen molar-refractivity contribution in [3.05, 3.63) is 57.8 Å². The molecular formula is C18H20BrN3O2. The molecule has 1 heterocycles. The molecule has 0 spiro atoms. The summed E-state index contributed by atoms with van der Waals surface area (Å²) in [5.74, 6) is -0.521. The van der Waals surface area contributed by atoms with Crippen LogP contribution in [0.4, 0.5) is 5.69 Å². The number of nitrogens with zero attached hydrogens (tertiary/aromatic N) is 2. The third-order valence-electron chi connectivity index (χ3n) is 3.68. The molecule has 5 nitrogen and oxygen atoms in total. The van der Waals surface area contributed by atoms with Crippen LogP contribution in [0.5, 0.6) is 0 Å². The Labute approximate surface area is 150 Å². The molecule has 6 heteroatoms. The normalized spacial score (nSPS) is 10.3. The van der Waals surface area contributed by atoms with Gasteiger partial charge in [0.05, 0.1) is 0 Å². The first kappa shape index (κ1) is 18.1. The minimum Gasteiger partial charge on any atom is -0.338 e. The molecule has 2 aromatic rings. The number of carbonyl (C=O) groups excluding carboxylic acids is 2. The Morgan fingerprint density at radius 2 is 1.79 bits per heavy atom. The summed E-state index contributed by atoms with van der Waals surface area (Å²) < 4.78 is 0.915. The molecule has 2 rings (SSSR count). The van der Waals surface area contributed by atoms with Crippen molar-refractivity contribution < 1.29 is 9.59 Å². The third-order valence-corrected chi connectivity index (χ3v) is 4.54. The standard InChI is InChI=1S/C18H20BrN3O2/c1-4-22(5-2)18(24)16-8-6-7-15(21-16)17(23)20-13-10-9-12(3)14(19)11-13/h6-11H,4-5H2,1-3H3,(H,20,23). The highest BCUT2D eigenvalue weighted by molar-refractivity contribution is 9.10. The van der Waals surface area contributed by atoms with E-state index in [0.29, 0.717) is 18.8 Å². The number of anilines is 1. The Morgan fingerprint density at radius 3 is 2.42 bits per heavy atom. The minimum absolute atomic E-state index is 0.173. The number of pyridine rings is 1. The van der Waals surface area contributed by atoms with E-state index >= 15 is 0 Å². The van der Waals surface area contributed by atoms with Gasteiger partial charge in [0, 0.05) is 23.2 Å². The van der Waals surface area contributed by atoms with Crippen LogP contribution in [-0.2, 0) is 0 Å². The third kappa shape index (κ3) is 4.20. The van der Waals surface area contributed by atoms with E-state index in [0.717, 1.165) is 10.0 Å². The Kier molecular flexibility index (Phi) is 6.09. The van der Waals surface area contributed by atoms with Gasteiger partial charge in [0.2, 0.25) is 0 Å². The van der Waals surface area contributed by atoms with Gasteiger partial charge in [0.1, 0.15) is 11.4 Å². The Bertz CT molecular complexity index is 758. The monoisotopic (exact) mass is 389 g/mol. The van der Waals surface area contributed by atoms with Gasteiger partial charge >= 0.3 is 0 Å². The van der Waals surface area contributed by atoms with E-state index in [4.69, 9.17) is 0 Å². The quantitative estimate of drug-likeness (QED) is 0.843. The zero-order chi connectivity index (χ0) is 17.7. The Balaban J connectivity index is 2.19. The summed E-state index contributed by atoms with van der Waals surface area (Å²) in [6.45, 7) is 7.00. The second-order valence-electron chi connectivity index (χ2n) is 5.30. The number of halogens is 1. The van der Waals surface area contributed by atoms with Crippen molar-refractivity contribution in [1.82, 2.24) is 9.88 Å². The number of amides is 2. The predicted octanol–water partition coefficient (Wildman–Crippen LogP) is 3.89. The fraction of sp³-hybridized carbons (Fsp3) is 0.278. The molecule has 0 aliphatic rings. The van der Waals surface area contributed by atoms with Crippen molar-refractivity contribution >= 4 is 33.4 Å². The molecule has 0 bridgehead atoms. The molecule has 2 amide bonds. The van der Waals surface area contributed by atoms with Crippen LogP contribution in [0.2, 0.25) is 0 Å². The van der Waals surface area contributed by atoms with Crippen molar-refractivity contribution in [2.45, 2.75) is 20.8 Å². The SMILES string of the molecule is CCN(CC)C(=O)c1cccc(C(=O)Nc2ccc(C)c(Br)c2)n1. The minimum atomic E-state index is -0.347. The summed E-state index contributed by atoms with van der Waals surface area (Å²) in [5.41, 5.74) is 2.24. The summed E-state index contributed by atoms with van der Waals surface area (Å²) in [6, 6.07) is 10.5. The number of carbonyl (C=O) groups is 2. The van der Waals surface area contributed by atoms with Gasteiger partial charge in [-0.25, -0.2) is 4.98 Å². The Morgan fingerprint density at radius 1 is 1.12 bits per heavy atom. The molecule has 1 aromatic carbocycles. The molecule has 0 unspecified atom stereocenters. The Hall–Kier alpha value is -2.21. The zero-order valence-corrected chi connectivity index (χ0v) is 15.6. The molecule has 0 aliphatic heterocycles. The van der Waals surface area contributed by atoms with Crippen LogP contribution in [0.1, 0.15) is 40.4 Å². The average Bonchev–Trinajstić information content (AvgIpc) is 2.59. The van der Waals surface area contributed by atoms with Crippen molar-refractivity contribution in [1.29, 1.82) is 0 Å². The molecule has 0 radical (unpaired) electrons. The van der Waals surface area contributed by atoms with E-state index in [9.17, 15) is 9.59 Å². The number of rotatable bonds is 5. The number of benzene rings is 1. The van der Waals surface area contributed by atoms with Gasteiger partial charge in [-0.15, -0.1) is 0 Å². The first-order valence-corrected chi connectivity index (χ1v) is 8.59. The second kappa shape index (κ2) is 8.06. The van der Waals surface area contributed by atoms with Crippen LogP contribution in [0.15, 0.2) is 40.9 Å². The maximum atomic E-state index is 12.4. The van der Waals surface area contributed by atoms with E-state index in [1.54, 1.807) is 23.1 Å². The smallest absolute Gasteiger partial charge is 0.274 e. The molecule has 24 heavy (non-hydrogen) atoms. The lowest BCUT2D eigenvalue weighted by atomic mass is 10.2. The van der Waals surface area contributed by atoms with Gasteiger partial charge in [-0.3, -0.25) is 9.59 Å². The molecule has 0 saturated carbocycles. The van der Waals surface area contributed by atoms with Crippen LogP contribution in [-0.4, -0.2) is 34.8 Å². The van der Waals surface area contributed by atoms with Crippen molar-refractivity contribution in [2.75, 3.05) is 18.4 Å². The second-order valence-corrected chi connectivity index (χ2v) is 6.16. The largest absolute Gasteiger partial charge is 0.338 e. The van der Waals surface area contributed by atoms with E-state index in [-0.39, 0.29) is 23.2 Å². The number of hydrogen-bond donors (Lipinski definition) is 1. The van der Waals surface area contributed by atoms with Crippen molar-refractivity contribution in [3.63, 3.8) is 0 Å². The van der Waals surface area contributed by atoms with Gasteiger partial charge in [-0.2, -0.15) is 0 Å². The van der Waals surface area contributed by atoms with E-state index in [1.165, 1.54) is 0 Å². The van der Waals surface area contributed by atoms with Crippen molar-refractivity contribution in [2.24, 2.45) is 0 Å². The summed E-state index contributed by atoms with van der Waals surface area (Å²) in [5, 5.41) is 2.79. The van der Waals surface area contributed by atoms with Gasteiger partial charge in [-0.05, 0) is 50.6 Å². The molecular weight excluding hydrogens is 370 g/mol. The summed E-state index contributed by atoms with van der Waals surface area (Å²) in [6.07, 6.45) is 0. The molecule has 0 saturated heterocycles. The first-order chi connectivity index (χ1) is 11.5. The lowest BCUT2D eigenvalue weighted by molar-refractivity contribution is 0.0767. The topological polar surface area (TPSA) is 62.3 Å². The number of aryl methyl sites for hydroxylation is 1. The molecule has 1 N–H and O–H groups in total. The first-order valence-electron chi connectivity index (χ1n) is 7.80. The maximum Gasteiger partial charge on any atom is 0.274 e. The summed E-state index contributed by atoms with van der Waals surface area (Å²) in [4.78, 5) is 30.6. The molecule has 1 aromatic heterocycles. The van der Waals surface area contributed by atoms with Crippen LogP contribution in [0.25, 0.3) is 0 Å². The van der Waals surface area contributed by atoms with Gasteiger partial charge in [0.15, 0.2) is 0 Å². The molecule has 0 aliphatic carbocycles. The maximum absolute atomic E-state index is 12.4. The lowest BCUT2D eigenvalue weighted by Crippen LogP contribution is -2.31. The van der Waals surface area contributed by atoms with Gasteiger partial charge < -0.3 is 10.2 Å². The number of hydrogen-bond acceptors (Lipinski definition) is 3. The lowest BCUT2D eigenvalue weighted by Gasteiger charge is -2.18. The number of nitrogens with one attached hydrogen (secondary N) is 1. The van der Waals surface area contributed by atoms with E-state index < -0.39 is 0 Å². The van der Waals surface area contributed by atoms with Crippen LogP contribution < -0.4 is 5.32 Å². The molecule has 0 atom stereocenters. The van der Waals surface area contributed by atoms with Gasteiger partial charge in [-0.1, -0.05) is 28.1 Å². The molecule has 0 fully saturated rings. The van der Waals surface area contributed by atoms with Crippen LogP contribution in [0.3, 0.4) is 0 Å². The van der Waals surface area contributed by atoms with Gasteiger partial charge in [0.25, 0.3) is 11.8 Å². The zero-order valence-electron chi connectivity index (χ0n) is 14.0.